The minimum Gasteiger partial charge on any atom is -0.493 e. The number of pyridine rings is 1. The molecule has 0 saturated carbocycles. The largest absolute Gasteiger partial charge is 0.493 e. The molecule has 4 nitrogen and oxygen atoms in total. The number of nitrogens with one attached hydrogen (secondary N) is 1. The zero-order valence-corrected chi connectivity index (χ0v) is 14.2. The summed E-state index contributed by atoms with van der Waals surface area (Å²) in [4.78, 5) is 6.85. The highest BCUT2D eigenvalue weighted by Gasteiger charge is 2.30. The molecule has 1 saturated heterocycles. The summed E-state index contributed by atoms with van der Waals surface area (Å²) in [6.07, 6.45) is 4.20. The predicted molar refractivity (Wildman–Crippen MR) is 96.7 cm³/mol. The summed E-state index contributed by atoms with van der Waals surface area (Å²) in [7, 11) is 0. The van der Waals surface area contributed by atoms with E-state index >= 15 is 0 Å². The number of anilines is 1. The van der Waals surface area contributed by atoms with Gasteiger partial charge in [-0.3, -0.25) is 0 Å². The van der Waals surface area contributed by atoms with Crippen LogP contribution in [0.4, 0.5) is 5.82 Å². The van der Waals surface area contributed by atoms with E-state index in [-0.39, 0.29) is 0 Å². The maximum atomic E-state index is 5.84. The Morgan fingerprint density at radius 2 is 1.92 bits per heavy atom. The number of fused-ring (bicyclic) bond motifs is 1. The number of hydrogen-bond donors (Lipinski definition) is 1. The standard InChI is InChI=1S/C20H25N3O/c1-15(18-14-24-19-7-3-2-6-17(18)19)22-16-9-12-23(13-10-16)20-8-4-5-11-21-20/h2-8,11,15-16,18,22H,9-10,12-14H2,1H3. The Morgan fingerprint density at radius 3 is 2.71 bits per heavy atom. The second-order valence-corrected chi connectivity index (χ2v) is 6.86. The van der Waals surface area contributed by atoms with Gasteiger partial charge in [-0.2, -0.15) is 0 Å². The Morgan fingerprint density at radius 1 is 1.12 bits per heavy atom. The van der Waals surface area contributed by atoms with Gasteiger partial charge in [0.25, 0.3) is 0 Å². The van der Waals surface area contributed by atoms with E-state index in [9.17, 15) is 0 Å². The lowest BCUT2D eigenvalue weighted by Gasteiger charge is -2.35. The van der Waals surface area contributed by atoms with E-state index in [0.29, 0.717) is 18.0 Å². The number of piperidine rings is 1. The van der Waals surface area contributed by atoms with Gasteiger partial charge in [-0.1, -0.05) is 24.3 Å². The number of rotatable bonds is 4. The van der Waals surface area contributed by atoms with Crippen molar-refractivity contribution in [3.8, 4) is 5.75 Å². The molecule has 126 valence electrons. The molecule has 0 radical (unpaired) electrons. The molecule has 1 fully saturated rings. The van der Waals surface area contributed by atoms with Crippen LogP contribution in [-0.4, -0.2) is 36.8 Å². The first-order chi connectivity index (χ1) is 11.8. The fourth-order valence-corrected chi connectivity index (χ4v) is 3.91. The van der Waals surface area contributed by atoms with Crippen LogP contribution in [-0.2, 0) is 0 Å². The first-order valence-corrected chi connectivity index (χ1v) is 8.95. The molecule has 0 aliphatic carbocycles. The molecule has 4 rings (SSSR count). The Bertz CT molecular complexity index is 668. The van der Waals surface area contributed by atoms with E-state index in [2.05, 4.69) is 52.5 Å². The van der Waals surface area contributed by atoms with Gasteiger partial charge in [-0.05, 0) is 38.0 Å². The molecule has 3 heterocycles. The molecule has 24 heavy (non-hydrogen) atoms. The van der Waals surface area contributed by atoms with Crippen molar-refractivity contribution in [3.63, 3.8) is 0 Å². The van der Waals surface area contributed by atoms with Crippen LogP contribution in [0.25, 0.3) is 0 Å². The Kier molecular flexibility index (Phi) is 4.39. The van der Waals surface area contributed by atoms with Gasteiger partial charge in [0.15, 0.2) is 0 Å². The summed E-state index contributed by atoms with van der Waals surface area (Å²) >= 11 is 0. The van der Waals surface area contributed by atoms with E-state index in [1.54, 1.807) is 0 Å². The number of hydrogen-bond acceptors (Lipinski definition) is 4. The van der Waals surface area contributed by atoms with E-state index in [4.69, 9.17) is 4.74 Å². The molecule has 4 heteroatoms. The molecule has 2 atom stereocenters. The fourth-order valence-electron chi connectivity index (χ4n) is 3.91. The lowest BCUT2D eigenvalue weighted by molar-refractivity contribution is 0.283. The van der Waals surface area contributed by atoms with E-state index in [0.717, 1.165) is 44.1 Å². The molecule has 2 unspecified atom stereocenters. The average molecular weight is 323 g/mol. The molecule has 1 aromatic carbocycles. The van der Waals surface area contributed by atoms with Gasteiger partial charge in [0.2, 0.25) is 0 Å². The molecular formula is C20H25N3O. The highest BCUT2D eigenvalue weighted by molar-refractivity contribution is 5.41. The smallest absolute Gasteiger partial charge is 0.128 e. The average Bonchev–Trinajstić information content (AvgIpc) is 3.07. The zero-order valence-electron chi connectivity index (χ0n) is 14.2. The molecule has 0 bridgehead atoms. The Hall–Kier alpha value is -2.07. The summed E-state index contributed by atoms with van der Waals surface area (Å²) < 4.78 is 5.84. The monoisotopic (exact) mass is 323 g/mol. The predicted octanol–water partition coefficient (Wildman–Crippen LogP) is 3.20. The number of ether oxygens (including phenoxy) is 1. The van der Waals surface area contributed by atoms with Crippen molar-refractivity contribution in [3.05, 3.63) is 54.2 Å². The summed E-state index contributed by atoms with van der Waals surface area (Å²) in [5.41, 5.74) is 1.35. The van der Waals surface area contributed by atoms with Gasteiger partial charge in [-0.25, -0.2) is 4.98 Å². The molecule has 0 spiro atoms. The third-order valence-corrected chi connectivity index (χ3v) is 5.31. The number of nitrogens with zero attached hydrogens (tertiary/aromatic N) is 2. The van der Waals surface area contributed by atoms with E-state index < -0.39 is 0 Å². The summed E-state index contributed by atoms with van der Waals surface area (Å²) in [5.74, 6) is 2.61. The van der Waals surface area contributed by atoms with Crippen LogP contribution >= 0.6 is 0 Å². The Labute approximate surface area is 143 Å². The van der Waals surface area contributed by atoms with Gasteiger partial charge < -0.3 is 15.0 Å². The van der Waals surface area contributed by atoms with Crippen LogP contribution in [0.15, 0.2) is 48.7 Å². The molecule has 2 aliphatic rings. The molecule has 0 amide bonds. The van der Waals surface area contributed by atoms with Crippen LogP contribution < -0.4 is 15.0 Å². The minimum absolute atomic E-state index is 0.431. The third-order valence-electron chi connectivity index (χ3n) is 5.31. The maximum Gasteiger partial charge on any atom is 0.128 e. The van der Waals surface area contributed by atoms with E-state index in [1.165, 1.54) is 5.56 Å². The van der Waals surface area contributed by atoms with Gasteiger partial charge in [0, 0.05) is 42.9 Å². The van der Waals surface area contributed by atoms with Crippen molar-refractivity contribution in [2.75, 3.05) is 24.6 Å². The van der Waals surface area contributed by atoms with Crippen LogP contribution in [0.3, 0.4) is 0 Å². The minimum atomic E-state index is 0.431. The van der Waals surface area contributed by atoms with Crippen LogP contribution in [0, 0.1) is 0 Å². The second-order valence-electron chi connectivity index (χ2n) is 6.86. The van der Waals surface area contributed by atoms with Gasteiger partial charge >= 0.3 is 0 Å². The third kappa shape index (κ3) is 3.11. The molecule has 1 N–H and O–H groups in total. The van der Waals surface area contributed by atoms with Gasteiger partial charge in [0.05, 0.1) is 6.61 Å². The molecule has 1 aromatic heterocycles. The summed E-state index contributed by atoms with van der Waals surface area (Å²) in [6.45, 7) is 5.22. The van der Waals surface area contributed by atoms with Gasteiger partial charge in [0.1, 0.15) is 11.6 Å². The van der Waals surface area contributed by atoms with Gasteiger partial charge in [-0.15, -0.1) is 0 Å². The Balaban J connectivity index is 1.33. The first kappa shape index (κ1) is 15.5. The molecule has 2 aromatic rings. The highest BCUT2D eigenvalue weighted by atomic mass is 16.5. The lowest BCUT2D eigenvalue weighted by atomic mass is 9.93. The maximum absolute atomic E-state index is 5.84. The van der Waals surface area contributed by atoms with Crippen molar-refractivity contribution in [1.29, 1.82) is 0 Å². The van der Waals surface area contributed by atoms with E-state index in [1.807, 2.05) is 18.3 Å². The number of benzene rings is 1. The van der Waals surface area contributed by atoms with Crippen molar-refractivity contribution in [2.45, 2.75) is 37.8 Å². The van der Waals surface area contributed by atoms with Crippen molar-refractivity contribution >= 4 is 5.82 Å². The highest BCUT2D eigenvalue weighted by Crippen LogP contribution is 2.35. The fraction of sp³-hybridized carbons (Fsp3) is 0.450. The van der Waals surface area contributed by atoms with Crippen molar-refractivity contribution in [1.82, 2.24) is 10.3 Å². The van der Waals surface area contributed by atoms with Crippen LogP contribution in [0.1, 0.15) is 31.2 Å². The number of para-hydroxylation sites is 1. The number of aromatic nitrogens is 1. The zero-order chi connectivity index (χ0) is 16.4. The van der Waals surface area contributed by atoms with Crippen molar-refractivity contribution < 1.29 is 4.74 Å². The van der Waals surface area contributed by atoms with Crippen molar-refractivity contribution in [2.24, 2.45) is 0 Å². The lowest BCUT2D eigenvalue weighted by Crippen LogP contribution is -2.47. The second kappa shape index (κ2) is 6.81. The topological polar surface area (TPSA) is 37.4 Å². The molecular weight excluding hydrogens is 298 g/mol. The summed E-state index contributed by atoms with van der Waals surface area (Å²) in [6, 6.07) is 15.6. The molecule has 2 aliphatic heterocycles. The van der Waals surface area contributed by atoms with Crippen LogP contribution in [0.2, 0.25) is 0 Å². The van der Waals surface area contributed by atoms with Crippen LogP contribution in [0.5, 0.6) is 5.75 Å². The first-order valence-electron chi connectivity index (χ1n) is 8.95. The summed E-state index contributed by atoms with van der Waals surface area (Å²) in [5, 5.41) is 3.85. The normalized spacial score (nSPS) is 22.0. The quantitative estimate of drug-likeness (QED) is 0.937. The SMILES string of the molecule is CC(NC1CCN(c2ccccn2)CC1)C1COc2ccccc21.